The molecular formula is C15H19F3O2. The summed E-state index contributed by atoms with van der Waals surface area (Å²) in [6.07, 6.45) is -5.98. The number of halogens is 3. The van der Waals surface area contributed by atoms with Crippen molar-refractivity contribution in [3.8, 4) is 0 Å². The Bertz CT molecular complexity index is 472. The summed E-state index contributed by atoms with van der Waals surface area (Å²) in [6.45, 7) is 5.58. The van der Waals surface area contributed by atoms with Gasteiger partial charge in [-0.3, -0.25) is 0 Å². The Morgan fingerprint density at radius 2 is 1.70 bits per heavy atom. The molecule has 1 saturated heterocycles. The molecule has 20 heavy (non-hydrogen) atoms. The van der Waals surface area contributed by atoms with E-state index in [9.17, 15) is 18.3 Å². The van der Waals surface area contributed by atoms with Crippen LogP contribution in [0, 0.1) is 11.8 Å². The molecule has 5 unspecified atom stereocenters. The van der Waals surface area contributed by atoms with E-state index in [1.54, 1.807) is 6.92 Å². The van der Waals surface area contributed by atoms with Crippen molar-refractivity contribution < 1.29 is 23.0 Å². The van der Waals surface area contributed by atoms with Crippen LogP contribution in [0.15, 0.2) is 24.3 Å². The van der Waals surface area contributed by atoms with Crippen LogP contribution >= 0.6 is 0 Å². The Kier molecular flexibility index (Phi) is 4.12. The van der Waals surface area contributed by atoms with Gasteiger partial charge >= 0.3 is 6.18 Å². The number of aliphatic hydroxyl groups excluding tert-OH is 1. The van der Waals surface area contributed by atoms with Gasteiger partial charge in [-0.2, -0.15) is 13.2 Å². The second kappa shape index (κ2) is 5.37. The molecule has 0 aromatic heterocycles. The maximum atomic E-state index is 13.0. The molecule has 0 saturated carbocycles. The Labute approximate surface area is 116 Å². The molecule has 0 spiro atoms. The van der Waals surface area contributed by atoms with Crippen LogP contribution in [0.25, 0.3) is 0 Å². The lowest BCUT2D eigenvalue weighted by Gasteiger charge is -2.27. The van der Waals surface area contributed by atoms with Gasteiger partial charge in [0.05, 0.1) is 23.9 Å². The number of alkyl halides is 3. The number of ether oxygens (including phenoxy) is 1. The van der Waals surface area contributed by atoms with E-state index in [0.29, 0.717) is 0 Å². The second-order valence-electron chi connectivity index (χ2n) is 5.51. The van der Waals surface area contributed by atoms with Crippen molar-refractivity contribution in [3.05, 3.63) is 35.4 Å². The molecule has 1 aliphatic rings. The molecule has 5 atom stereocenters. The maximum Gasteiger partial charge on any atom is 0.416 e. The summed E-state index contributed by atoms with van der Waals surface area (Å²) in [5.74, 6) is -0.338. The topological polar surface area (TPSA) is 29.5 Å². The Hall–Kier alpha value is -1.07. The van der Waals surface area contributed by atoms with Crippen LogP contribution in [0.2, 0.25) is 0 Å². The van der Waals surface area contributed by atoms with Crippen LogP contribution in [-0.4, -0.2) is 17.3 Å². The monoisotopic (exact) mass is 288 g/mol. The van der Waals surface area contributed by atoms with Gasteiger partial charge in [0, 0.05) is 5.92 Å². The number of hydrogen-bond acceptors (Lipinski definition) is 2. The summed E-state index contributed by atoms with van der Waals surface area (Å²) in [5.41, 5.74) is -0.840. The number of hydrogen-bond donors (Lipinski definition) is 1. The van der Waals surface area contributed by atoms with E-state index in [1.165, 1.54) is 18.2 Å². The highest BCUT2D eigenvalue weighted by molar-refractivity contribution is 5.32. The van der Waals surface area contributed by atoms with Gasteiger partial charge in [-0.25, -0.2) is 0 Å². The van der Waals surface area contributed by atoms with Gasteiger partial charge in [0.1, 0.15) is 0 Å². The molecule has 0 aliphatic carbocycles. The summed E-state index contributed by atoms with van der Waals surface area (Å²) in [7, 11) is 0. The molecule has 1 aromatic carbocycles. The predicted octanol–water partition coefficient (Wildman–Crippen LogP) is 3.80. The standard InChI is InChI=1S/C15H19F3O2/c1-8-9(2)20-10(3)13(8)14(19)11-6-4-5-7-12(11)15(16,17)18/h4-10,13-14,19H,1-3H3. The summed E-state index contributed by atoms with van der Waals surface area (Å²) in [5, 5.41) is 10.4. The van der Waals surface area contributed by atoms with E-state index >= 15 is 0 Å². The van der Waals surface area contributed by atoms with Gasteiger partial charge in [-0.05, 0) is 31.4 Å². The predicted molar refractivity (Wildman–Crippen MR) is 69.1 cm³/mol. The van der Waals surface area contributed by atoms with Gasteiger partial charge in [0.25, 0.3) is 0 Å². The van der Waals surface area contributed by atoms with Crippen molar-refractivity contribution in [1.29, 1.82) is 0 Å². The van der Waals surface area contributed by atoms with Gasteiger partial charge < -0.3 is 9.84 Å². The maximum absolute atomic E-state index is 13.0. The fraction of sp³-hybridized carbons (Fsp3) is 0.600. The Balaban J connectivity index is 2.37. The van der Waals surface area contributed by atoms with Crippen LogP contribution in [0.4, 0.5) is 13.2 Å². The molecule has 1 aliphatic heterocycles. The van der Waals surface area contributed by atoms with Gasteiger partial charge in [0.2, 0.25) is 0 Å². The Morgan fingerprint density at radius 3 is 2.20 bits per heavy atom. The summed E-state index contributed by atoms with van der Waals surface area (Å²) >= 11 is 0. The molecule has 5 heteroatoms. The van der Waals surface area contributed by atoms with Gasteiger partial charge in [0.15, 0.2) is 0 Å². The number of aliphatic hydroxyl groups is 1. The van der Waals surface area contributed by atoms with E-state index in [0.717, 1.165) is 6.07 Å². The smallest absolute Gasteiger partial charge is 0.388 e. The third kappa shape index (κ3) is 2.69. The van der Waals surface area contributed by atoms with Crippen molar-refractivity contribution in [2.24, 2.45) is 11.8 Å². The lowest BCUT2D eigenvalue weighted by Crippen LogP contribution is -2.26. The number of rotatable bonds is 2. The fourth-order valence-corrected chi connectivity index (χ4v) is 3.06. The van der Waals surface area contributed by atoms with Gasteiger partial charge in [-0.15, -0.1) is 0 Å². The molecule has 112 valence electrons. The lowest BCUT2D eigenvalue weighted by molar-refractivity contribution is -0.139. The van der Waals surface area contributed by atoms with Crippen molar-refractivity contribution >= 4 is 0 Å². The van der Waals surface area contributed by atoms with Crippen molar-refractivity contribution in [2.75, 3.05) is 0 Å². The minimum Gasteiger partial charge on any atom is -0.388 e. The third-order valence-corrected chi connectivity index (χ3v) is 4.27. The van der Waals surface area contributed by atoms with Crippen molar-refractivity contribution in [3.63, 3.8) is 0 Å². The third-order valence-electron chi connectivity index (χ3n) is 4.27. The molecule has 2 nitrogen and oxygen atoms in total. The van der Waals surface area contributed by atoms with Crippen LogP contribution in [0.5, 0.6) is 0 Å². The van der Waals surface area contributed by atoms with E-state index in [2.05, 4.69) is 0 Å². The van der Waals surface area contributed by atoms with Crippen LogP contribution < -0.4 is 0 Å². The summed E-state index contributed by atoms with van der Waals surface area (Å²) < 4.78 is 44.7. The Morgan fingerprint density at radius 1 is 1.10 bits per heavy atom. The summed E-state index contributed by atoms with van der Waals surface area (Å²) in [4.78, 5) is 0. The second-order valence-corrected chi connectivity index (χ2v) is 5.51. The first-order chi connectivity index (χ1) is 9.23. The van der Waals surface area contributed by atoms with E-state index in [4.69, 9.17) is 4.74 Å². The zero-order valence-electron chi connectivity index (χ0n) is 11.7. The fourth-order valence-electron chi connectivity index (χ4n) is 3.06. The van der Waals surface area contributed by atoms with Crippen LogP contribution in [-0.2, 0) is 10.9 Å². The lowest BCUT2D eigenvalue weighted by atomic mass is 9.81. The molecule has 0 radical (unpaired) electrons. The normalized spacial score (nSPS) is 32.4. The molecule has 0 amide bonds. The molecule has 1 aromatic rings. The first-order valence-corrected chi connectivity index (χ1v) is 6.73. The number of benzene rings is 1. The molecule has 1 fully saturated rings. The highest BCUT2D eigenvalue weighted by Gasteiger charge is 2.44. The van der Waals surface area contributed by atoms with Crippen molar-refractivity contribution in [1.82, 2.24) is 0 Å². The minimum absolute atomic E-state index is 0.00119. The summed E-state index contributed by atoms with van der Waals surface area (Å²) in [6, 6.07) is 5.20. The van der Waals surface area contributed by atoms with Crippen LogP contribution in [0.1, 0.15) is 38.0 Å². The van der Waals surface area contributed by atoms with Gasteiger partial charge in [-0.1, -0.05) is 25.1 Å². The quantitative estimate of drug-likeness (QED) is 0.897. The van der Waals surface area contributed by atoms with Crippen LogP contribution in [0.3, 0.4) is 0 Å². The first kappa shape index (κ1) is 15.3. The average Bonchev–Trinajstić information content (AvgIpc) is 2.61. The molecule has 2 rings (SSSR count). The minimum atomic E-state index is -4.46. The highest BCUT2D eigenvalue weighted by Crippen LogP contribution is 2.43. The zero-order chi connectivity index (χ0) is 15.1. The largest absolute Gasteiger partial charge is 0.416 e. The van der Waals surface area contributed by atoms with E-state index < -0.39 is 17.8 Å². The zero-order valence-corrected chi connectivity index (χ0v) is 11.7. The highest BCUT2D eigenvalue weighted by atomic mass is 19.4. The average molecular weight is 288 g/mol. The SMILES string of the molecule is CC1OC(C)C(C(O)c2ccccc2C(F)(F)F)C1C. The molecular weight excluding hydrogens is 269 g/mol. The molecule has 1 heterocycles. The van der Waals surface area contributed by atoms with E-state index in [-0.39, 0.29) is 29.6 Å². The molecule has 0 bridgehead atoms. The van der Waals surface area contributed by atoms with E-state index in [1.807, 2.05) is 13.8 Å². The van der Waals surface area contributed by atoms with Crippen molar-refractivity contribution in [2.45, 2.75) is 45.3 Å². The molecule has 1 N–H and O–H groups in total. The first-order valence-electron chi connectivity index (χ1n) is 6.73.